The summed E-state index contributed by atoms with van der Waals surface area (Å²) < 4.78 is 16.0. The highest BCUT2D eigenvalue weighted by atomic mass is 19.1. The second-order valence-electron chi connectivity index (χ2n) is 8.94. The highest BCUT2D eigenvalue weighted by molar-refractivity contribution is 5.93. The third kappa shape index (κ3) is 2.83. The number of fused-ring (bicyclic) bond motifs is 4. The molecule has 6 rings (SSSR count). The van der Waals surface area contributed by atoms with Gasteiger partial charge in [-0.3, -0.25) is 4.40 Å². The number of rotatable bonds is 4. The average Bonchev–Trinajstić information content (AvgIpc) is 3.30. The lowest BCUT2D eigenvalue weighted by atomic mass is 9.93. The van der Waals surface area contributed by atoms with Crippen LogP contribution in [0, 0.1) is 11.2 Å². The van der Waals surface area contributed by atoms with E-state index in [1.807, 2.05) is 6.20 Å². The van der Waals surface area contributed by atoms with E-state index in [0.717, 1.165) is 42.5 Å². The Morgan fingerprint density at radius 1 is 1.17 bits per heavy atom. The molecule has 1 fully saturated rings. The van der Waals surface area contributed by atoms with Crippen LogP contribution in [0.5, 0.6) is 0 Å². The number of benzene rings is 1. The zero-order chi connectivity index (χ0) is 20.3. The lowest BCUT2D eigenvalue weighted by Crippen LogP contribution is -2.28. The maximum absolute atomic E-state index is 14.2. The number of anilines is 2. The van der Waals surface area contributed by atoms with E-state index in [2.05, 4.69) is 28.1 Å². The molecule has 1 aliphatic carbocycles. The van der Waals surface area contributed by atoms with Crippen molar-refractivity contribution >= 4 is 28.3 Å². The first-order valence-corrected chi connectivity index (χ1v) is 10.6. The Morgan fingerprint density at radius 3 is 2.93 bits per heavy atom. The molecule has 2 aliphatic rings. The van der Waals surface area contributed by atoms with Crippen molar-refractivity contribution in [3.05, 3.63) is 53.7 Å². The summed E-state index contributed by atoms with van der Waals surface area (Å²) in [6.07, 6.45) is 10.5. The largest absolute Gasteiger partial charge is 0.310 e. The molecule has 1 saturated carbocycles. The summed E-state index contributed by atoms with van der Waals surface area (Å²) in [5.74, 6) is 1.87. The molecule has 6 nitrogen and oxygen atoms in total. The quantitative estimate of drug-likeness (QED) is 0.498. The van der Waals surface area contributed by atoms with Crippen LogP contribution in [0.2, 0.25) is 0 Å². The lowest BCUT2D eigenvalue weighted by Gasteiger charge is -2.31. The van der Waals surface area contributed by atoms with Crippen LogP contribution in [-0.4, -0.2) is 31.1 Å². The van der Waals surface area contributed by atoms with Gasteiger partial charge in [0.25, 0.3) is 5.78 Å². The van der Waals surface area contributed by atoms with Crippen LogP contribution in [0.15, 0.2) is 36.8 Å². The molecule has 30 heavy (non-hydrogen) atoms. The van der Waals surface area contributed by atoms with Crippen LogP contribution in [-0.2, 0) is 12.8 Å². The molecule has 3 aromatic heterocycles. The number of pyridine rings is 1. The van der Waals surface area contributed by atoms with E-state index < -0.39 is 0 Å². The number of aryl methyl sites for hydroxylation is 1. The molecule has 152 valence electrons. The number of hydrogen-bond acceptors (Lipinski definition) is 5. The van der Waals surface area contributed by atoms with Crippen LogP contribution in [0.1, 0.15) is 43.7 Å². The first kappa shape index (κ1) is 17.7. The van der Waals surface area contributed by atoms with E-state index in [9.17, 15) is 4.39 Å². The Balaban J connectivity index is 1.49. The van der Waals surface area contributed by atoms with Crippen molar-refractivity contribution in [2.24, 2.45) is 5.41 Å². The van der Waals surface area contributed by atoms with Crippen molar-refractivity contribution in [3.63, 3.8) is 0 Å². The summed E-state index contributed by atoms with van der Waals surface area (Å²) >= 11 is 0. The predicted molar refractivity (Wildman–Crippen MR) is 113 cm³/mol. The molecule has 0 saturated heterocycles. The minimum atomic E-state index is -0.283. The molecule has 1 aliphatic heterocycles. The van der Waals surface area contributed by atoms with Crippen molar-refractivity contribution in [1.29, 1.82) is 0 Å². The van der Waals surface area contributed by atoms with Gasteiger partial charge < -0.3 is 4.90 Å². The number of nitrogens with zero attached hydrogens (tertiary/aromatic N) is 6. The molecule has 0 radical (unpaired) electrons. The van der Waals surface area contributed by atoms with Crippen molar-refractivity contribution in [1.82, 2.24) is 24.6 Å². The van der Waals surface area contributed by atoms with E-state index in [1.165, 1.54) is 36.5 Å². The van der Waals surface area contributed by atoms with Crippen LogP contribution in [0.3, 0.4) is 0 Å². The third-order valence-corrected chi connectivity index (χ3v) is 6.75. The fourth-order valence-corrected chi connectivity index (χ4v) is 4.62. The number of hydrogen-bond donors (Lipinski definition) is 0. The zero-order valence-electron chi connectivity index (χ0n) is 17.0. The average molecular weight is 402 g/mol. The van der Waals surface area contributed by atoms with Gasteiger partial charge in [-0.25, -0.2) is 9.37 Å². The second kappa shape index (κ2) is 6.45. The van der Waals surface area contributed by atoms with E-state index in [4.69, 9.17) is 9.97 Å². The van der Waals surface area contributed by atoms with Crippen molar-refractivity contribution in [2.75, 3.05) is 11.4 Å². The molecule has 7 heteroatoms. The van der Waals surface area contributed by atoms with Gasteiger partial charge in [0.15, 0.2) is 0 Å². The van der Waals surface area contributed by atoms with E-state index in [0.29, 0.717) is 17.0 Å². The van der Waals surface area contributed by atoms with Gasteiger partial charge in [-0.15, -0.1) is 10.2 Å². The van der Waals surface area contributed by atoms with Gasteiger partial charge in [-0.1, -0.05) is 6.92 Å². The van der Waals surface area contributed by atoms with E-state index in [1.54, 1.807) is 22.9 Å². The standard InChI is InChI=1S/C23H23FN6/c1-23(9-10-23)8-6-15-7-11-25-20-17(15)3-2-12-29(20)21-18-13-16(24)4-5-19(18)30-14-26-28-22(30)27-21/h4-5,7,11,13-14H,2-3,6,8-10,12H2,1H3. The third-order valence-electron chi connectivity index (χ3n) is 6.75. The first-order chi connectivity index (χ1) is 14.6. The number of aromatic nitrogens is 5. The first-order valence-electron chi connectivity index (χ1n) is 10.6. The topological polar surface area (TPSA) is 59.2 Å². The van der Waals surface area contributed by atoms with Crippen LogP contribution < -0.4 is 4.90 Å². The summed E-state index contributed by atoms with van der Waals surface area (Å²) in [6, 6.07) is 6.94. The smallest absolute Gasteiger partial charge is 0.257 e. The fraction of sp³-hybridized carbons (Fsp3) is 0.391. The SMILES string of the molecule is CC1(CCc2ccnc3c2CCCN3c2nc3nncn3c3ccc(F)cc23)CC1. The Bertz CT molecular complexity index is 1280. The maximum Gasteiger partial charge on any atom is 0.257 e. The monoisotopic (exact) mass is 402 g/mol. The summed E-state index contributed by atoms with van der Waals surface area (Å²) in [5, 5.41) is 8.88. The van der Waals surface area contributed by atoms with Crippen LogP contribution in [0.4, 0.5) is 16.0 Å². The Morgan fingerprint density at radius 2 is 2.07 bits per heavy atom. The van der Waals surface area contributed by atoms with Crippen LogP contribution in [0.25, 0.3) is 16.7 Å². The molecule has 4 heterocycles. The predicted octanol–water partition coefficient (Wildman–Crippen LogP) is 4.63. The minimum Gasteiger partial charge on any atom is -0.310 e. The van der Waals surface area contributed by atoms with Crippen LogP contribution >= 0.6 is 0 Å². The fourth-order valence-electron chi connectivity index (χ4n) is 4.62. The van der Waals surface area contributed by atoms with Crippen molar-refractivity contribution < 1.29 is 4.39 Å². The highest BCUT2D eigenvalue weighted by Crippen LogP contribution is 2.49. The molecule has 0 spiro atoms. The molecule has 0 bridgehead atoms. The van der Waals surface area contributed by atoms with E-state index >= 15 is 0 Å². The highest BCUT2D eigenvalue weighted by Gasteiger charge is 2.36. The molecular formula is C23H23FN6. The van der Waals surface area contributed by atoms with Gasteiger partial charge >= 0.3 is 0 Å². The molecule has 0 N–H and O–H groups in total. The summed E-state index contributed by atoms with van der Waals surface area (Å²) in [6.45, 7) is 3.18. The van der Waals surface area contributed by atoms with Gasteiger partial charge in [0.05, 0.1) is 5.52 Å². The molecule has 0 amide bonds. The zero-order valence-corrected chi connectivity index (χ0v) is 17.0. The molecule has 0 atom stereocenters. The lowest BCUT2D eigenvalue weighted by molar-refractivity contribution is 0.516. The van der Waals surface area contributed by atoms with Crippen molar-refractivity contribution in [2.45, 2.75) is 45.4 Å². The minimum absolute atomic E-state index is 0.283. The van der Waals surface area contributed by atoms with Gasteiger partial charge in [-0.2, -0.15) is 4.98 Å². The molecule has 4 aromatic rings. The van der Waals surface area contributed by atoms with E-state index in [-0.39, 0.29) is 5.82 Å². The van der Waals surface area contributed by atoms with Crippen molar-refractivity contribution in [3.8, 4) is 0 Å². The molecule has 0 unspecified atom stereocenters. The second-order valence-corrected chi connectivity index (χ2v) is 8.94. The summed E-state index contributed by atoms with van der Waals surface area (Å²) in [4.78, 5) is 11.6. The summed E-state index contributed by atoms with van der Waals surface area (Å²) in [7, 11) is 0. The van der Waals surface area contributed by atoms with Gasteiger partial charge in [0.1, 0.15) is 23.8 Å². The van der Waals surface area contributed by atoms with Gasteiger partial charge in [0, 0.05) is 18.1 Å². The Hall–Kier alpha value is -3.09. The molecular weight excluding hydrogens is 379 g/mol. The maximum atomic E-state index is 14.2. The van der Waals surface area contributed by atoms with Gasteiger partial charge in [-0.05, 0) is 79.3 Å². The Labute approximate surface area is 173 Å². The van der Waals surface area contributed by atoms with Gasteiger partial charge in [0.2, 0.25) is 0 Å². The molecule has 1 aromatic carbocycles. The summed E-state index contributed by atoms with van der Waals surface area (Å²) in [5.41, 5.74) is 4.06. The Kier molecular flexibility index (Phi) is 3.82. The normalized spacial score (nSPS) is 17.5. The number of halogens is 1.